The topological polar surface area (TPSA) is 96.4 Å². The highest BCUT2D eigenvalue weighted by molar-refractivity contribution is 6.42. The Labute approximate surface area is 226 Å². The summed E-state index contributed by atoms with van der Waals surface area (Å²) in [7, 11) is 1.53. The van der Waals surface area contributed by atoms with Crippen molar-refractivity contribution >= 4 is 41.0 Å². The van der Waals surface area contributed by atoms with E-state index in [0.29, 0.717) is 53.9 Å². The molecule has 1 aliphatic carbocycles. The first-order valence-corrected chi connectivity index (χ1v) is 13.0. The molecule has 8 nitrogen and oxygen atoms in total. The Balaban J connectivity index is 1.46. The molecule has 2 aromatic carbocycles. The number of hydrogen-bond donors (Lipinski definition) is 1. The minimum absolute atomic E-state index is 0.158. The Morgan fingerprint density at radius 2 is 1.73 bits per heavy atom. The lowest BCUT2D eigenvalue weighted by molar-refractivity contribution is -0.159. The zero-order valence-corrected chi connectivity index (χ0v) is 22.2. The van der Waals surface area contributed by atoms with Crippen molar-refractivity contribution in [3.05, 3.63) is 57.6 Å². The first-order chi connectivity index (χ1) is 17.7. The van der Waals surface area contributed by atoms with E-state index in [1.165, 1.54) is 12.0 Å². The van der Waals surface area contributed by atoms with E-state index in [1.807, 2.05) is 29.2 Å². The largest absolute Gasteiger partial charge is 0.493 e. The number of hydrogen-bond acceptors (Lipinski definition) is 6. The molecule has 0 unspecified atom stereocenters. The van der Waals surface area contributed by atoms with Gasteiger partial charge in [0.2, 0.25) is 11.8 Å². The number of rotatable bonds is 12. The van der Waals surface area contributed by atoms with Gasteiger partial charge in [0.15, 0.2) is 11.5 Å². The van der Waals surface area contributed by atoms with Crippen molar-refractivity contribution in [2.24, 2.45) is 0 Å². The third-order valence-corrected chi connectivity index (χ3v) is 7.91. The maximum absolute atomic E-state index is 12.3. The van der Waals surface area contributed by atoms with E-state index in [0.717, 1.165) is 17.5 Å². The van der Waals surface area contributed by atoms with E-state index >= 15 is 0 Å². The third-order valence-electron chi connectivity index (χ3n) is 7.17. The molecular weight excluding hydrogens is 519 g/mol. The van der Waals surface area contributed by atoms with Crippen molar-refractivity contribution in [3.8, 4) is 11.5 Å². The molecule has 0 radical (unpaired) electrons. The summed E-state index contributed by atoms with van der Waals surface area (Å²) in [6.45, 7) is 1.29. The average molecular weight is 549 g/mol. The number of likely N-dealkylation sites (tertiary alicyclic amines) is 1. The highest BCUT2D eigenvalue weighted by Crippen LogP contribution is 2.40. The molecule has 10 heteroatoms. The maximum atomic E-state index is 12.3. The quantitative estimate of drug-likeness (QED) is 0.387. The number of carbonyl (C=O) groups is 3. The van der Waals surface area contributed by atoms with Crippen molar-refractivity contribution in [2.75, 3.05) is 26.8 Å². The van der Waals surface area contributed by atoms with Gasteiger partial charge in [0, 0.05) is 25.9 Å². The van der Waals surface area contributed by atoms with Gasteiger partial charge in [-0.2, -0.15) is 0 Å². The van der Waals surface area contributed by atoms with Gasteiger partial charge in [-0.1, -0.05) is 35.3 Å². The zero-order valence-electron chi connectivity index (χ0n) is 20.7. The molecule has 37 heavy (non-hydrogen) atoms. The van der Waals surface area contributed by atoms with Crippen molar-refractivity contribution in [3.63, 3.8) is 0 Å². The SMILES string of the molecule is COc1cc(CN(CCc2ccc(Cl)c(Cl)c2)C2(C(=O)O)CCC2)ccc1OCCN1C(=O)CCC1=O. The maximum Gasteiger partial charge on any atom is 0.324 e. The minimum atomic E-state index is -0.909. The fourth-order valence-electron chi connectivity index (χ4n) is 4.85. The molecular formula is C27H30Cl2N2O6. The molecule has 2 aromatic rings. The van der Waals surface area contributed by atoms with Crippen LogP contribution in [0, 0.1) is 0 Å². The summed E-state index contributed by atoms with van der Waals surface area (Å²) in [5.41, 5.74) is 0.958. The molecule has 0 bridgehead atoms. The minimum Gasteiger partial charge on any atom is -0.493 e. The number of amides is 2. The molecule has 1 saturated carbocycles. The van der Waals surface area contributed by atoms with Crippen LogP contribution < -0.4 is 9.47 Å². The second-order valence-corrected chi connectivity index (χ2v) is 10.2. The van der Waals surface area contributed by atoms with Crippen LogP contribution in [0.1, 0.15) is 43.2 Å². The molecule has 2 aliphatic rings. The lowest BCUT2D eigenvalue weighted by Crippen LogP contribution is -2.59. The molecule has 1 heterocycles. The molecule has 0 aromatic heterocycles. The van der Waals surface area contributed by atoms with Gasteiger partial charge in [-0.3, -0.25) is 24.2 Å². The van der Waals surface area contributed by atoms with Crippen LogP contribution in [0.25, 0.3) is 0 Å². The number of carboxylic acids is 1. The van der Waals surface area contributed by atoms with Crippen molar-refractivity contribution in [1.29, 1.82) is 0 Å². The van der Waals surface area contributed by atoms with E-state index in [2.05, 4.69) is 0 Å². The molecule has 1 saturated heterocycles. The number of imide groups is 1. The van der Waals surface area contributed by atoms with Crippen LogP contribution in [-0.4, -0.2) is 65.0 Å². The average Bonchev–Trinajstić information content (AvgIpc) is 3.16. The van der Waals surface area contributed by atoms with E-state index in [-0.39, 0.29) is 37.8 Å². The first-order valence-electron chi connectivity index (χ1n) is 12.3. The summed E-state index contributed by atoms with van der Waals surface area (Å²) in [6, 6.07) is 11.0. The van der Waals surface area contributed by atoms with E-state index < -0.39 is 11.5 Å². The summed E-state index contributed by atoms with van der Waals surface area (Å²) in [4.78, 5) is 39.1. The Hall–Kier alpha value is -2.81. The standard InChI is InChI=1S/C27H30Cl2N2O6/c1-36-23-16-19(4-6-22(23)37-14-13-31-24(32)7-8-25(31)33)17-30(27(26(34)35)10-2-11-27)12-9-18-3-5-20(28)21(29)15-18/h3-6,15-16H,2,7-14,17H2,1H3,(H,34,35). The molecule has 2 amide bonds. The second kappa shape index (κ2) is 11.7. The summed E-state index contributed by atoms with van der Waals surface area (Å²) in [5, 5.41) is 11.1. The third kappa shape index (κ3) is 6.03. The predicted molar refractivity (Wildman–Crippen MR) is 139 cm³/mol. The lowest BCUT2D eigenvalue weighted by atomic mass is 9.75. The number of nitrogens with zero attached hydrogens (tertiary/aromatic N) is 2. The van der Waals surface area contributed by atoms with Gasteiger partial charge in [-0.15, -0.1) is 0 Å². The van der Waals surface area contributed by atoms with Crippen molar-refractivity contribution in [1.82, 2.24) is 9.80 Å². The van der Waals surface area contributed by atoms with Gasteiger partial charge < -0.3 is 14.6 Å². The highest BCUT2D eigenvalue weighted by Gasteiger charge is 2.49. The molecule has 198 valence electrons. The van der Waals surface area contributed by atoms with Gasteiger partial charge in [-0.25, -0.2) is 0 Å². The second-order valence-electron chi connectivity index (χ2n) is 9.38. The Morgan fingerprint density at radius 1 is 1.03 bits per heavy atom. The number of ether oxygens (including phenoxy) is 2. The molecule has 0 spiro atoms. The van der Waals surface area contributed by atoms with Crippen LogP contribution in [0.3, 0.4) is 0 Å². The van der Waals surface area contributed by atoms with E-state index in [1.54, 1.807) is 12.1 Å². The Morgan fingerprint density at radius 3 is 2.32 bits per heavy atom. The number of aliphatic carboxylic acids is 1. The molecule has 1 aliphatic heterocycles. The van der Waals surface area contributed by atoms with E-state index in [9.17, 15) is 19.5 Å². The Bertz CT molecular complexity index is 1170. The van der Waals surface area contributed by atoms with Gasteiger partial charge in [0.05, 0.1) is 23.7 Å². The van der Waals surface area contributed by atoms with Gasteiger partial charge in [-0.05, 0) is 61.1 Å². The molecule has 4 rings (SSSR count). The number of carboxylic acid groups (broad SMARTS) is 1. The predicted octanol–water partition coefficient (Wildman–Crippen LogP) is 4.58. The fourth-order valence-corrected chi connectivity index (χ4v) is 5.17. The van der Waals surface area contributed by atoms with Crippen LogP contribution in [-0.2, 0) is 27.3 Å². The molecule has 1 N–H and O–H groups in total. The van der Waals surface area contributed by atoms with Gasteiger partial charge in [0.25, 0.3) is 0 Å². The van der Waals surface area contributed by atoms with Gasteiger partial charge in [0.1, 0.15) is 12.1 Å². The first kappa shape index (κ1) is 27.2. The van der Waals surface area contributed by atoms with Crippen LogP contribution in [0.5, 0.6) is 11.5 Å². The molecule has 0 atom stereocenters. The number of carbonyl (C=O) groups excluding carboxylic acids is 2. The van der Waals surface area contributed by atoms with Gasteiger partial charge >= 0.3 is 5.97 Å². The van der Waals surface area contributed by atoms with Crippen LogP contribution >= 0.6 is 23.2 Å². The normalized spacial score (nSPS) is 16.7. The van der Waals surface area contributed by atoms with Crippen LogP contribution in [0.2, 0.25) is 10.0 Å². The molecule has 2 fully saturated rings. The van der Waals surface area contributed by atoms with Crippen LogP contribution in [0.15, 0.2) is 36.4 Å². The summed E-state index contributed by atoms with van der Waals surface area (Å²) in [5.74, 6) is -0.186. The highest BCUT2D eigenvalue weighted by atomic mass is 35.5. The van der Waals surface area contributed by atoms with Crippen LogP contribution in [0.4, 0.5) is 0 Å². The van der Waals surface area contributed by atoms with Crippen molar-refractivity contribution in [2.45, 2.75) is 50.6 Å². The number of halogens is 2. The Kier molecular flexibility index (Phi) is 8.62. The number of benzene rings is 2. The van der Waals surface area contributed by atoms with E-state index in [4.69, 9.17) is 32.7 Å². The summed E-state index contributed by atoms with van der Waals surface area (Å²) >= 11 is 12.2. The lowest BCUT2D eigenvalue weighted by Gasteiger charge is -2.47. The van der Waals surface area contributed by atoms with Crippen molar-refractivity contribution < 1.29 is 29.0 Å². The zero-order chi connectivity index (χ0) is 26.6. The monoisotopic (exact) mass is 548 g/mol. The smallest absolute Gasteiger partial charge is 0.324 e. The fraction of sp³-hybridized carbons (Fsp3) is 0.444. The number of methoxy groups -OCH3 is 1. The summed E-state index contributed by atoms with van der Waals surface area (Å²) in [6.07, 6.45) is 3.17. The summed E-state index contributed by atoms with van der Waals surface area (Å²) < 4.78 is 11.3.